The molecule has 21 heavy (non-hydrogen) atoms. The van der Waals surface area contributed by atoms with Crippen LogP contribution in [0, 0.1) is 0 Å². The summed E-state index contributed by atoms with van der Waals surface area (Å²) in [6, 6.07) is 5.57. The summed E-state index contributed by atoms with van der Waals surface area (Å²) >= 11 is 0. The molecule has 0 unspecified atom stereocenters. The zero-order valence-electron chi connectivity index (χ0n) is 11.7. The molecule has 5 nitrogen and oxygen atoms in total. The van der Waals surface area contributed by atoms with Gasteiger partial charge < -0.3 is 10.4 Å². The highest BCUT2D eigenvalue weighted by Gasteiger charge is 2.18. The highest BCUT2D eigenvalue weighted by molar-refractivity contribution is 5.93. The molecule has 0 saturated carbocycles. The number of carbonyl (C=O) groups is 1. The topological polar surface area (TPSA) is 75.1 Å². The normalized spacial score (nSPS) is 13.5. The minimum Gasteiger partial charge on any atom is -0.478 e. The lowest BCUT2D eigenvalue weighted by Gasteiger charge is -2.18. The number of rotatable bonds is 4. The van der Waals surface area contributed by atoms with Crippen LogP contribution in [0.25, 0.3) is 0 Å². The van der Waals surface area contributed by atoms with E-state index in [1.165, 1.54) is 0 Å². The highest BCUT2D eigenvalue weighted by Crippen LogP contribution is 2.25. The summed E-state index contributed by atoms with van der Waals surface area (Å²) in [5, 5.41) is 12.5. The van der Waals surface area contributed by atoms with Gasteiger partial charge >= 0.3 is 5.97 Å². The smallest absolute Gasteiger partial charge is 0.339 e. The summed E-state index contributed by atoms with van der Waals surface area (Å²) in [5.74, 6) is -0.489. The molecule has 0 aromatic carbocycles. The number of fused-ring (bicyclic) bond motifs is 1. The molecular weight excluding hydrogens is 266 g/mol. The van der Waals surface area contributed by atoms with Gasteiger partial charge in [-0.05, 0) is 48.9 Å². The molecule has 0 amide bonds. The van der Waals surface area contributed by atoms with Crippen molar-refractivity contribution in [2.45, 2.75) is 32.2 Å². The molecule has 2 aromatic heterocycles. The summed E-state index contributed by atoms with van der Waals surface area (Å²) in [6.07, 6.45) is 7.54. The van der Waals surface area contributed by atoms with Gasteiger partial charge in [0, 0.05) is 24.6 Å². The van der Waals surface area contributed by atoms with Crippen molar-refractivity contribution >= 4 is 11.8 Å². The van der Waals surface area contributed by atoms with Gasteiger partial charge in [0.2, 0.25) is 0 Å². The van der Waals surface area contributed by atoms with Crippen LogP contribution in [-0.2, 0) is 19.4 Å². The Kier molecular flexibility index (Phi) is 3.81. The summed E-state index contributed by atoms with van der Waals surface area (Å²) < 4.78 is 0. The lowest BCUT2D eigenvalue weighted by molar-refractivity contribution is 0.0697. The number of nitrogens with one attached hydrogen (secondary N) is 1. The third-order valence-electron chi connectivity index (χ3n) is 3.71. The quantitative estimate of drug-likeness (QED) is 0.902. The van der Waals surface area contributed by atoms with Crippen LogP contribution in [0.4, 0.5) is 5.82 Å². The van der Waals surface area contributed by atoms with Crippen molar-refractivity contribution in [1.29, 1.82) is 0 Å². The Balaban J connectivity index is 1.87. The van der Waals surface area contributed by atoms with Gasteiger partial charge in [0.05, 0.1) is 0 Å². The van der Waals surface area contributed by atoms with Gasteiger partial charge in [-0.15, -0.1) is 0 Å². The second-order valence-electron chi connectivity index (χ2n) is 5.22. The van der Waals surface area contributed by atoms with Gasteiger partial charge in [0.25, 0.3) is 0 Å². The van der Waals surface area contributed by atoms with Crippen molar-refractivity contribution in [2.24, 2.45) is 0 Å². The minimum atomic E-state index is -0.940. The molecule has 0 fully saturated rings. The van der Waals surface area contributed by atoms with Gasteiger partial charge in [-0.25, -0.2) is 9.78 Å². The zero-order valence-corrected chi connectivity index (χ0v) is 11.7. The molecule has 0 atom stereocenters. The van der Waals surface area contributed by atoms with Gasteiger partial charge in [-0.1, -0.05) is 6.07 Å². The van der Waals surface area contributed by atoms with Crippen LogP contribution < -0.4 is 5.32 Å². The first-order valence-electron chi connectivity index (χ1n) is 7.13. The van der Waals surface area contributed by atoms with Crippen LogP contribution in [-0.4, -0.2) is 21.0 Å². The standard InChI is InChI=1S/C16H17N3O2/c20-16(21)13-8-12-5-1-2-6-14(12)19-15(13)18-10-11-4-3-7-17-9-11/h3-4,7-9H,1-2,5-6,10H2,(H,18,19)(H,20,21). The fraction of sp³-hybridized carbons (Fsp3) is 0.312. The molecule has 1 aliphatic rings. The molecule has 2 heterocycles. The van der Waals surface area contributed by atoms with Crippen molar-refractivity contribution in [3.05, 3.63) is 53.0 Å². The number of anilines is 1. The van der Waals surface area contributed by atoms with E-state index >= 15 is 0 Å². The summed E-state index contributed by atoms with van der Waals surface area (Å²) in [6.45, 7) is 0.514. The summed E-state index contributed by atoms with van der Waals surface area (Å²) in [7, 11) is 0. The van der Waals surface area contributed by atoms with Crippen LogP contribution in [0.1, 0.15) is 40.0 Å². The molecule has 1 aliphatic carbocycles. The number of aryl methyl sites for hydroxylation is 2. The molecule has 0 aliphatic heterocycles. The third kappa shape index (κ3) is 3.02. The Morgan fingerprint density at radius 2 is 2.19 bits per heavy atom. The molecule has 0 bridgehead atoms. The second kappa shape index (κ2) is 5.91. The van der Waals surface area contributed by atoms with Gasteiger partial charge in [-0.2, -0.15) is 0 Å². The average Bonchev–Trinajstić information content (AvgIpc) is 2.53. The molecule has 2 N–H and O–H groups in total. The van der Waals surface area contributed by atoms with Crippen molar-refractivity contribution in [3.63, 3.8) is 0 Å². The number of pyridine rings is 2. The van der Waals surface area contributed by atoms with E-state index in [2.05, 4.69) is 15.3 Å². The van der Waals surface area contributed by atoms with Gasteiger partial charge in [0.1, 0.15) is 11.4 Å². The molecule has 0 radical (unpaired) electrons. The van der Waals surface area contributed by atoms with Crippen LogP contribution in [0.2, 0.25) is 0 Å². The van der Waals surface area contributed by atoms with E-state index in [9.17, 15) is 9.90 Å². The van der Waals surface area contributed by atoms with Crippen molar-refractivity contribution in [3.8, 4) is 0 Å². The Morgan fingerprint density at radius 3 is 2.95 bits per heavy atom. The number of hydrogen-bond acceptors (Lipinski definition) is 4. The molecule has 3 rings (SSSR count). The first-order chi connectivity index (χ1) is 10.2. The fourth-order valence-electron chi connectivity index (χ4n) is 2.62. The SMILES string of the molecule is O=C(O)c1cc2c(nc1NCc1cccnc1)CCCC2. The number of nitrogens with zero attached hydrogens (tertiary/aromatic N) is 2. The third-order valence-corrected chi connectivity index (χ3v) is 3.71. The molecular formula is C16H17N3O2. The molecule has 0 spiro atoms. The van der Waals surface area contributed by atoms with Crippen molar-refractivity contribution < 1.29 is 9.90 Å². The van der Waals surface area contributed by atoms with E-state index in [4.69, 9.17) is 0 Å². The van der Waals surface area contributed by atoms with Crippen LogP contribution in [0.5, 0.6) is 0 Å². The number of hydrogen-bond donors (Lipinski definition) is 2. The number of carboxylic acids is 1. The van der Waals surface area contributed by atoms with E-state index < -0.39 is 5.97 Å². The number of carboxylic acid groups (broad SMARTS) is 1. The predicted octanol–water partition coefficient (Wildman–Crippen LogP) is 2.67. The lowest BCUT2D eigenvalue weighted by atomic mass is 9.94. The monoisotopic (exact) mass is 283 g/mol. The summed E-state index contributed by atoms with van der Waals surface area (Å²) in [5.41, 5.74) is 3.35. The fourth-order valence-corrected chi connectivity index (χ4v) is 2.62. The molecule has 2 aromatic rings. The maximum absolute atomic E-state index is 11.4. The predicted molar refractivity (Wildman–Crippen MR) is 79.4 cm³/mol. The van der Waals surface area contributed by atoms with Crippen LogP contribution in [0.3, 0.4) is 0 Å². The van der Waals surface area contributed by atoms with Gasteiger partial charge in [-0.3, -0.25) is 4.98 Å². The van der Waals surface area contributed by atoms with Crippen molar-refractivity contribution in [2.75, 3.05) is 5.32 Å². The second-order valence-corrected chi connectivity index (χ2v) is 5.22. The first kappa shape index (κ1) is 13.5. The Bertz CT molecular complexity index is 656. The van der Waals surface area contributed by atoms with E-state index in [0.717, 1.165) is 42.5 Å². The Morgan fingerprint density at radius 1 is 1.33 bits per heavy atom. The number of aromatic nitrogens is 2. The largest absolute Gasteiger partial charge is 0.478 e. The van der Waals surface area contributed by atoms with Gasteiger partial charge in [0.15, 0.2) is 0 Å². The van der Waals surface area contributed by atoms with Crippen LogP contribution in [0.15, 0.2) is 30.6 Å². The highest BCUT2D eigenvalue weighted by atomic mass is 16.4. The maximum atomic E-state index is 11.4. The van der Waals surface area contributed by atoms with E-state index in [1.807, 2.05) is 12.1 Å². The average molecular weight is 283 g/mol. The first-order valence-corrected chi connectivity index (χ1v) is 7.13. The lowest BCUT2D eigenvalue weighted by Crippen LogP contribution is -2.14. The molecule has 108 valence electrons. The Labute approximate surface area is 123 Å². The van der Waals surface area contributed by atoms with E-state index in [1.54, 1.807) is 18.5 Å². The number of aromatic carboxylic acids is 1. The van der Waals surface area contributed by atoms with E-state index in [-0.39, 0.29) is 5.56 Å². The summed E-state index contributed by atoms with van der Waals surface area (Å²) in [4.78, 5) is 20.0. The Hall–Kier alpha value is -2.43. The molecule has 5 heteroatoms. The van der Waals surface area contributed by atoms with E-state index in [0.29, 0.717) is 12.4 Å². The molecule has 0 saturated heterocycles. The zero-order chi connectivity index (χ0) is 14.7. The minimum absolute atomic E-state index is 0.250. The maximum Gasteiger partial charge on any atom is 0.339 e. The van der Waals surface area contributed by atoms with Crippen molar-refractivity contribution in [1.82, 2.24) is 9.97 Å². The van der Waals surface area contributed by atoms with Crippen LogP contribution >= 0.6 is 0 Å².